The van der Waals surface area contributed by atoms with Crippen LogP contribution in [0.15, 0.2) is 31.6 Å². The summed E-state index contributed by atoms with van der Waals surface area (Å²) in [7, 11) is 0. The van der Waals surface area contributed by atoms with Crippen molar-refractivity contribution in [2.45, 2.75) is 13.8 Å². The molecular formula is C15H12BrN3O5. The minimum Gasteiger partial charge on any atom is -0.450 e. The Morgan fingerprint density at radius 1 is 1.33 bits per heavy atom. The largest absolute Gasteiger partial charge is 0.450 e. The molecule has 1 amide bonds. The first-order chi connectivity index (χ1) is 11.4. The first kappa shape index (κ1) is 16.2. The number of hydrogen-bond donors (Lipinski definition) is 1. The summed E-state index contributed by atoms with van der Waals surface area (Å²) in [5.41, 5.74) is 1.21. The Morgan fingerprint density at radius 2 is 2.12 bits per heavy atom. The molecule has 0 aliphatic rings. The Bertz CT molecular complexity index is 930. The number of nitrogens with one attached hydrogen (secondary N) is 1. The van der Waals surface area contributed by atoms with E-state index in [0.717, 1.165) is 9.86 Å². The quantitative estimate of drug-likeness (QED) is 0.678. The molecule has 0 fully saturated rings. The third-order valence-electron chi connectivity index (χ3n) is 3.19. The maximum absolute atomic E-state index is 12.1. The molecule has 1 aromatic carbocycles. The molecule has 0 aliphatic heterocycles. The molecule has 2 heterocycles. The highest BCUT2D eigenvalue weighted by Crippen LogP contribution is 2.28. The molecule has 0 unspecified atom stereocenters. The van der Waals surface area contributed by atoms with Crippen LogP contribution in [0.2, 0.25) is 0 Å². The number of aromatic nitrogens is 2. The zero-order chi connectivity index (χ0) is 17.3. The van der Waals surface area contributed by atoms with E-state index in [-0.39, 0.29) is 11.8 Å². The number of furan rings is 1. The molecule has 2 aromatic heterocycles. The van der Waals surface area contributed by atoms with Crippen molar-refractivity contribution >= 4 is 44.8 Å². The van der Waals surface area contributed by atoms with E-state index in [1.807, 2.05) is 6.07 Å². The molecule has 0 spiro atoms. The number of hydrogen-bond acceptors (Lipinski definition) is 7. The van der Waals surface area contributed by atoms with Crippen molar-refractivity contribution in [3.63, 3.8) is 0 Å². The van der Waals surface area contributed by atoms with E-state index in [9.17, 15) is 9.59 Å². The molecule has 0 radical (unpaired) electrons. The van der Waals surface area contributed by atoms with Crippen molar-refractivity contribution in [3.05, 3.63) is 39.8 Å². The molecule has 9 heteroatoms. The van der Waals surface area contributed by atoms with Crippen LogP contribution < -0.4 is 5.32 Å². The van der Waals surface area contributed by atoms with Gasteiger partial charge in [0.15, 0.2) is 12.4 Å². The monoisotopic (exact) mass is 393 g/mol. The van der Waals surface area contributed by atoms with Crippen LogP contribution in [0, 0.1) is 13.8 Å². The van der Waals surface area contributed by atoms with Gasteiger partial charge in [-0.05, 0) is 32.0 Å². The fourth-order valence-corrected chi connectivity index (χ4v) is 2.45. The molecule has 8 nitrogen and oxygen atoms in total. The average Bonchev–Trinajstić information content (AvgIpc) is 3.09. The molecule has 3 aromatic rings. The van der Waals surface area contributed by atoms with E-state index in [4.69, 9.17) is 13.7 Å². The lowest BCUT2D eigenvalue weighted by Gasteiger charge is -2.02. The van der Waals surface area contributed by atoms with E-state index in [2.05, 4.69) is 31.4 Å². The third kappa shape index (κ3) is 3.30. The minimum atomic E-state index is -0.725. The fourth-order valence-electron chi connectivity index (χ4n) is 2.09. The topological polar surface area (TPSA) is 107 Å². The summed E-state index contributed by atoms with van der Waals surface area (Å²) < 4.78 is 16.1. The lowest BCUT2D eigenvalue weighted by atomic mass is 10.1. The van der Waals surface area contributed by atoms with Gasteiger partial charge in [0, 0.05) is 15.4 Å². The van der Waals surface area contributed by atoms with Crippen LogP contribution in [-0.4, -0.2) is 28.6 Å². The number of nitrogens with zero attached hydrogens (tertiary/aromatic N) is 2. The summed E-state index contributed by atoms with van der Waals surface area (Å²) in [6.07, 6.45) is 0. The van der Waals surface area contributed by atoms with Gasteiger partial charge in [-0.3, -0.25) is 10.1 Å². The maximum atomic E-state index is 12.1. The summed E-state index contributed by atoms with van der Waals surface area (Å²) >= 11 is 3.37. The summed E-state index contributed by atoms with van der Waals surface area (Å²) in [5.74, 6) is -0.879. The normalized spacial score (nSPS) is 10.8. The Balaban J connectivity index is 1.66. The van der Waals surface area contributed by atoms with Gasteiger partial charge in [-0.25, -0.2) is 4.79 Å². The number of anilines is 1. The predicted octanol–water partition coefficient (Wildman–Crippen LogP) is 2.99. The number of rotatable bonds is 4. The fraction of sp³-hybridized carbons (Fsp3) is 0.200. The molecule has 0 aliphatic carbocycles. The van der Waals surface area contributed by atoms with Gasteiger partial charge in [0.1, 0.15) is 5.58 Å². The molecule has 0 bridgehead atoms. The standard InChI is InChI=1S/C15H12BrN3O5/c1-7-10-5-9(16)3-4-11(10)23-13(7)14(21)22-6-12(20)18-15-17-8(2)19-24-15/h3-5H,6H2,1-2H3,(H,17,18,19,20). The molecule has 124 valence electrons. The highest BCUT2D eigenvalue weighted by atomic mass is 79.9. The Labute approximate surface area is 144 Å². The van der Waals surface area contributed by atoms with Crippen LogP contribution in [0.25, 0.3) is 11.0 Å². The number of amides is 1. The van der Waals surface area contributed by atoms with Gasteiger partial charge in [0.05, 0.1) is 0 Å². The highest BCUT2D eigenvalue weighted by Gasteiger charge is 2.20. The van der Waals surface area contributed by atoms with E-state index in [0.29, 0.717) is 17.0 Å². The number of benzene rings is 1. The van der Waals surface area contributed by atoms with E-state index >= 15 is 0 Å². The maximum Gasteiger partial charge on any atom is 0.375 e. The number of aryl methyl sites for hydroxylation is 2. The van der Waals surface area contributed by atoms with Crippen molar-refractivity contribution in [2.75, 3.05) is 11.9 Å². The van der Waals surface area contributed by atoms with Crippen LogP contribution in [0.4, 0.5) is 6.01 Å². The zero-order valence-electron chi connectivity index (χ0n) is 12.8. The molecule has 0 saturated carbocycles. The van der Waals surface area contributed by atoms with Crippen molar-refractivity contribution in [1.82, 2.24) is 10.1 Å². The average molecular weight is 394 g/mol. The van der Waals surface area contributed by atoms with Gasteiger partial charge < -0.3 is 13.7 Å². The van der Waals surface area contributed by atoms with E-state index in [1.165, 1.54) is 0 Å². The third-order valence-corrected chi connectivity index (χ3v) is 3.69. The Morgan fingerprint density at radius 3 is 2.83 bits per heavy atom. The summed E-state index contributed by atoms with van der Waals surface area (Å²) in [6, 6.07) is 5.34. The molecule has 1 N–H and O–H groups in total. The smallest absolute Gasteiger partial charge is 0.375 e. The molecule has 0 saturated heterocycles. The van der Waals surface area contributed by atoms with Gasteiger partial charge in [-0.1, -0.05) is 21.1 Å². The predicted molar refractivity (Wildman–Crippen MR) is 86.6 cm³/mol. The second-order valence-corrected chi connectivity index (χ2v) is 5.88. The summed E-state index contributed by atoms with van der Waals surface area (Å²) in [5, 5.41) is 6.65. The van der Waals surface area contributed by atoms with Crippen molar-refractivity contribution in [2.24, 2.45) is 0 Å². The lowest BCUT2D eigenvalue weighted by molar-refractivity contribution is -0.119. The minimum absolute atomic E-state index is 0.0571. The van der Waals surface area contributed by atoms with Crippen LogP contribution in [0.1, 0.15) is 21.9 Å². The number of carbonyl (C=O) groups excluding carboxylic acids is 2. The van der Waals surface area contributed by atoms with Gasteiger partial charge in [-0.15, -0.1) is 0 Å². The Hall–Kier alpha value is -2.68. The van der Waals surface area contributed by atoms with Gasteiger partial charge >= 0.3 is 12.0 Å². The Kier molecular flexibility index (Phi) is 4.34. The SMILES string of the molecule is Cc1noc(NC(=O)COC(=O)c2oc3ccc(Br)cc3c2C)n1. The second kappa shape index (κ2) is 6.44. The lowest BCUT2D eigenvalue weighted by Crippen LogP contribution is -2.21. The second-order valence-electron chi connectivity index (χ2n) is 4.97. The zero-order valence-corrected chi connectivity index (χ0v) is 14.3. The van der Waals surface area contributed by atoms with E-state index < -0.39 is 18.5 Å². The van der Waals surface area contributed by atoms with Crippen molar-refractivity contribution in [1.29, 1.82) is 0 Å². The van der Waals surface area contributed by atoms with Crippen molar-refractivity contribution < 1.29 is 23.3 Å². The summed E-state index contributed by atoms with van der Waals surface area (Å²) in [4.78, 5) is 27.6. The van der Waals surface area contributed by atoms with Crippen LogP contribution in [-0.2, 0) is 9.53 Å². The van der Waals surface area contributed by atoms with Crippen molar-refractivity contribution in [3.8, 4) is 0 Å². The summed E-state index contributed by atoms with van der Waals surface area (Å²) in [6.45, 7) is 2.86. The van der Waals surface area contributed by atoms with Crippen LogP contribution in [0.3, 0.4) is 0 Å². The first-order valence-corrected chi connectivity index (χ1v) is 7.69. The van der Waals surface area contributed by atoms with Crippen LogP contribution in [0.5, 0.6) is 0 Å². The number of carbonyl (C=O) groups is 2. The van der Waals surface area contributed by atoms with Gasteiger partial charge in [-0.2, -0.15) is 4.98 Å². The molecular weight excluding hydrogens is 382 g/mol. The molecule has 3 rings (SSSR count). The highest BCUT2D eigenvalue weighted by molar-refractivity contribution is 9.10. The molecule has 0 atom stereocenters. The van der Waals surface area contributed by atoms with Gasteiger partial charge in [0.25, 0.3) is 5.91 Å². The number of esters is 1. The van der Waals surface area contributed by atoms with E-state index in [1.54, 1.807) is 26.0 Å². The number of ether oxygens (including phenoxy) is 1. The van der Waals surface area contributed by atoms with Gasteiger partial charge in [0.2, 0.25) is 5.76 Å². The van der Waals surface area contributed by atoms with Crippen LogP contribution >= 0.6 is 15.9 Å². The molecule has 24 heavy (non-hydrogen) atoms. The first-order valence-electron chi connectivity index (χ1n) is 6.90. The number of fused-ring (bicyclic) bond motifs is 1. The number of halogens is 1.